The number of rotatable bonds is 5. The predicted octanol–water partition coefficient (Wildman–Crippen LogP) is 2.23. The molecule has 2 aromatic rings. The van der Waals surface area contributed by atoms with E-state index in [9.17, 15) is 9.59 Å². The Bertz CT molecular complexity index is 806. The number of hydrogen-bond donors (Lipinski definition) is 1. The van der Waals surface area contributed by atoms with Gasteiger partial charge in [0.15, 0.2) is 0 Å². The summed E-state index contributed by atoms with van der Waals surface area (Å²) in [6.07, 6.45) is 0.533. The van der Waals surface area contributed by atoms with Crippen LogP contribution in [0.4, 0.5) is 5.69 Å². The van der Waals surface area contributed by atoms with Crippen LogP contribution in [-0.4, -0.2) is 43.6 Å². The van der Waals surface area contributed by atoms with Crippen LogP contribution < -0.4 is 10.1 Å². The predicted molar refractivity (Wildman–Crippen MR) is 98.0 cm³/mol. The van der Waals surface area contributed by atoms with Gasteiger partial charge in [0.05, 0.1) is 26.5 Å². The van der Waals surface area contributed by atoms with E-state index in [0.29, 0.717) is 24.4 Å². The molecule has 1 atom stereocenters. The lowest BCUT2D eigenvalue weighted by Crippen LogP contribution is -2.49. The highest BCUT2D eigenvalue weighted by Crippen LogP contribution is 2.25. The molecule has 1 aliphatic heterocycles. The van der Waals surface area contributed by atoms with E-state index in [1.54, 1.807) is 19.2 Å². The van der Waals surface area contributed by atoms with E-state index in [4.69, 9.17) is 9.47 Å². The van der Waals surface area contributed by atoms with Crippen LogP contribution in [-0.2, 0) is 27.3 Å². The van der Waals surface area contributed by atoms with Gasteiger partial charge in [-0.25, -0.2) is 0 Å². The zero-order valence-electron chi connectivity index (χ0n) is 14.9. The average molecular weight is 354 g/mol. The maximum Gasteiger partial charge on any atom is 0.323 e. The van der Waals surface area contributed by atoms with E-state index < -0.39 is 6.04 Å². The Balaban J connectivity index is 1.75. The van der Waals surface area contributed by atoms with Crippen molar-refractivity contribution in [1.29, 1.82) is 0 Å². The number of carbonyl (C=O) groups is 2. The van der Waals surface area contributed by atoms with Crippen molar-refractivity contribution >= 4 is 17.6 Å². The summed E-state index contributed by atoms with van der Waals surface area (Å²) in [7, 11) is 2.93. The second-order valence-corrected chi connectivity index (χ2v) is 6.17. The summed E-state index contributed by atoms with van der Waals surface area (Å²) < 4.78 is 10.2. The first kappa shape index (κ1) is 17.9. The summed E-state index contributed by atoms with van der Waals surface area (Å²) >= 11 is 0. The smallest absolute Gasteiger partial charge is 0.323 e. The Labute approximate surface area is 152 Å². The largest absolute Gasteiger partial charge is 0.495 e. The summed E-state index contributed by atoms with van der Waals surface area (Å²) in [6, 6.07) is 14.7. The minimum absolute atomic E-state index is 0.0894. The van der Waals surface area contributed by atoms with Gasteiger partial charge in [-0.1, -0.05) is 36.4 Å². The van der Waals surface area contributed by atoms with Crippen LogP contribution in [0.1, 0.15) is 11.1 Å². The number of benzene rings is 2. The molecule has 26 heavy (non-hydrogen) atoms. The van der Waals surface area contributed by atoms with Gasteiger partial charge in [0.25, 0.3) is 0 Å². The van der Waals surface area contributed by atoms with Gasteiger partial charge in [0.1, 0.15) is 11.8 Å². The first-order chi connectivity index (χ1) is 12.6. The molecule has 3 rings (SSSR count). The quantitative estimate of drug-likeness (QED) is 0.834. The van der Waals surface area contributed by atoms with Crippen LogP contribution in [0.15, 0.2) is 48.5 Å². The Morgan fingerprint density at radius 3 is 2.50 bits per heavy atom. The molecule has 0 fully saturated rings. The fourth-order valence-electron chi connectivity index (χ4n) is 3.23. The highest BCUT2D eigenvalue weighted by molar-refractivity contribution is 5.94. The molecule has 0 aromatic heterocycles. The summed E-state index contributed by atoms with van der Waals surface area (Å²) in [5.41, 5.74) is 2.84. The Morgan fingerprint density at radius 1 is 1.08 bits per heavy atom. The lowest BCUT2D eigenvalue weighted by molar-refractivity contribution is -0.148. The number of hydrogen-bond acceptors (Lipinski definition) is 5. The van der Waals surface area contributed by atoms with Crippen molar-refractivity contribution in [3.05, 3.63) is 59.7 Å². The van der Waals surface area contributed by atoms with Crippen molar-refractivity contribution < 1.29 is 19.1 Å². The third kappa shape index (κ3) is 3.86. The number of fused-ring (bicyclic) bond motifs is 1. The summed E-state index contributed by atoms with van der Waals surface area (Å²) in [5.74, 6) is 0.0572. The second kappa shape index (κ2) is 8.01. The zero-order chi connectivity index (χ0) is 18.5. The lowest BCUT2D eigenvalue weighted by Gasteiger charge is -2.34. The van der Waals surface area contributed by atoms with Gasteiger partial charge in [0, 0.05) is 6.54 Å². The third-order valence-electron chi connectivity index (χ3n) is 4.55. The fraction of sp³-hybridized carbons (Fsp3) is 0.300. The number of carbonyl (C=O) groups excluding carboxylic acids is 2. The molecule has 2 aromatic carbocycles. The van der Waals surface area contributed by atoms with Gasteiger partial charge in [0.2, 0.25) is 5.91 Å². The van der Waals surface area contributed by atoms with Gasteiger partial charge < -0.3 is 14.8 Å². The molecule has 136 valence electrons. The molecule has 1 amide bonds. The maximum absolute atomic E-state index is 12.6. The molecular weight excluding hydrogens is 332 g/mol. The SMILES string of the molecule is COC(=O)[C@H]1Cc2ccccc2CN1CC(=O)Nc1ccccc1OC. The first-order valence-corrected chi connectivity index (χ1v) is 8.44. The molecule has 0 saturated heterocycles. The average Bonchev–Trinajstić information content (AvgIpc) is 2.67. The Hall–Kier alpha value is -2.86. The van der Waals surface area contributed by atoms with Crippen LogP contribution in [0.3, 0.4) is 0 Å². The van der Waals surface area contributed by atoms with E-state index in [2.05, 4.69) is 5.32 Å². The molecular formula is C20H22N2O4. The molecule has 1 N–H and O–H groups in total. The summed E-state index contributed by atoms with van der Waals surface area (Å²) in [5, 5.41) is 2.85. The minimum Gasteiger partial charge on any atom is -0.495 e. The molecule has 0 bridgehead atoms. The number of nitrogens with one attached hydrogen (secondary N) is 1. The van der Waals surface area contributed by atoms with Gasteiger partial charge >= 0.3 is 5.97 Å². The van der Waals surface area contributed by atoms with Gasteiger partial charge in [-0.3, -0.25) is 14.5 Å². The highest BCUT2D eigenvalue weighted by atomic mass is 16.5. The Kier molecular flexibility index (Phi) is 5.53. The van der Waals surface area contributed by atoms with Gasteiger partial charge in [-0.2, -0.15) is 0 Å². The van der Waals surface area contributed by atoms with Crippen molar-refractivity contribution in [1.82, 2.24) is 4.90 Å². The summed E-state index contributed by atoms with van der Waals surface area (Å²) in [6.45, 7) is 0.613. The van der Waals surface area contributed by atoms with Crippen molar-refractivity contribution in [2.45, 2.75) is 19.0 Å². The van der Waals surface area contributed by atoms with Crippen LogP contribution in [0.5, 0.6) is 5.75 Å². The van der Waals surface area contributed by atoms with E-state index in [0.717, 1.165) is 11.1 Å². The van der Waals surface area contributed by atoms with E-state index >= 15 is 0 Å². The molecule has 6 nitrogen and oxygen atoms in total. The Morgan fingerprint density at radius 2 is 1.77 bits per heavy atom. The van der Waals surface area contributed by atoms with Crippen LogP contribution in [0.2, 0.25) is 0 Å². The number of esters is 1. The van der Waals surface area contributed by atoms with E-state index in [-0.39, 0.29) is 18.4 Å². The molecule has 1 heterocycles. The minimum atomic E-state index is -0.474. The van der Waals surface area contributed by atoms with E-state index in [1.165, 1.54) is 7.11 Å². The van der Waals surface area contributed by atoms with Crippen LogP contribution in [0.25, 0.3) is 0 Å². The molecule has 0 spiro atoms. The standard InChI is InChI=1S/C20H22N2O4/c1-25-18-10-6-5-9-16(18)21-19(23)13-22-12-15-8-4-3-7-14(15)11-17(22)20(24)26-2/h3-10,17H,11-13H2,1-2H3,(H,21,23)/t17-/m1/s1. The van der Waals surface area contributed by atoms with Crippen LogP contribution >= 0.6 is 0 Å². The lowest BCUT2D eigenvalue weighted by atomic mass is 9.94. The first-order valence-electron chi connectivity index (χ1n) is 8.44. The van der Waals surface area contributed by atoms with Crippen molar-refractivity contribution in [3.8, 4) is 5.75 Å². The zero-order valence-corrected chi connectivity index (χ0v) is 14.9. The van der Waals surface area contributed by atoms with Crippen molar-refractivity contribution in [2.24, 2.45) is 0 Å². The topological polar surface area (TPSA) is 67.9 Å². The van der Waals surface area contributed by atoms with Crippen LogP contribution in [0, 0.1) is 0 Å². The number of methoxy groups -OCH3 is 2. The van der Waals surface area contributed by atoms with E-state index in [1.807, 2.05) is 41.3 Å². The summed E-state index contributed by atoms with van der Waals surface area (Å²) in [4.78, 5) is 26.6. The number of anilines is 1. The third-order valence-corrected chi connectivity index (χ3v) is 4.55. The van der Waals surface area contributed by atoms with Gasteiger partial charge in [-0.05, 0) is 29.7 Å². The molecule has 1 aliphatic rings. The molecule has 6 heteroatoms. The van der Waals surface area contributed by atoms with Crippen molar-refractivity contribution in [2.75, 3.05) is 26.1 Å². The monoisotopic (exact) mass is 354 g/mol. The second-order valence-electron chi connectivity index (χ2n) is 6.17. The normalized spacial score (nSPS) is 16.5. The molecule has 0 unspecified atom stereocenters. The number of amides is 1. The van der Waals surface area contributed by atoms with Gasteiger partial charge in [-0.15, -0.1) is 0 Å². The highest BCUT2D eigenvalue weighted by Gasteiger charge is 2.33. The molecule has 0 saturated carbocycles. The molecule has 0 radical (unpaired) electrons. The van der Waals surface area contributed by atoms with Crippen molar-refractivity contribution in [3.63, 3.8) is 0 Å². The number of para-hydroxylation sites is 2. The fourth-order valence-corrected chi connectivity index (χ4v) is 3.23. The molecule has 0 aliphatic carbocycles. The number of ether oxygens (including phenoxy) is 2. The maximum atomic E-state index is 12.6. The number of nitrogens with zero attached hydrogens (tertiary/aromatic N) is 1.